The highest BCUT2D eigenvalue weighted by molar-refractivity contribution is 6.30. The Bertz CT molecular complexity index is 850. The Labute approximate surface area is 172 Å². The van der Waals surface area contributed by atoms with Crippen molar-refractivity contribution in [1.29, 1.82) is 0 Å². The van der Waals surface area contributed by atoms with Gasteiger partial charge in [0.15, 0.2) is 11.6 Å². The predicted molar refractivity (Wildman–Crippen MR) is 114 cm³/mol. The van der Waals surface area contributed by atoms with Crippen molar-refractivity contribution < 1.29 is 9.59 Å². The largest absolute Gasteiger partial charge is 0.371 e. The highest BCUT2D eigenvalue weighted by Crippen LogP contribution is 2.32. The van der Waals surface area contributed by atoms with Gasteiger partial charge >= 0.3 is 0 Å². The molecule has 0 radical (unpaired) electrons. The zero-order chi connectivity index (χ0) is 20.4. The van der Waals surface area contributed by atoms with Crippen molar-refractivity contribution in [2.75, 3.05) is 11.9 Å². The number of carbonyl (C=O) groups is 2. The van der Waals surface area contributed by atoms with Crippen molar-refractivity contribution >= 4 is 28.9 Å². The molecule has 1 aromatic heterocycles. The molecule has 1 heterocycles. The molecule has 0 N–H and O–H groups in total. The van der Waals surface area contributed by atoms with E-state index in [-0.39, 0.29) is 23.9 Å². The van der Waals surface area contributed by atoms with Crippen LogP contribution in [0.3, 0.4) is 0 Å². The minimum absolute atomic E-state index is 0.0482. The van der Waals surface area contributed by atoms with Crippen LogP contribution in [0.15, 0.2) is 29.4 Å². The van der Waals surface area contributed by atoms with Crippen LogP contribution in [0.2, 0.25) is 5.15 Å². The van der Waals surface area contributed by atoms with Gasteiger partial charge in [0.05, 0.1) is 0 Å². The molecule has 0 saturated heterocycles. The van der Waals surface area contributed by atoms with Crippen molar-refractivity contribution in [3.8, 4) is 0 Å². The SMILES string of the molecule is CC1=CC(=O)C(CCC(=O)c2nc(Cl)cc(N(C)C3CCCC3)c2C)C(C)=C1. The van der Waals surface area contributed by atoms with Crippen LogP contribution in [0, 0.1) is 12.8 Å². The fraction of sp³-hybridized carbons (Fsp3) is 0.522. The first kappa shape index (κ1) is 20.8. The summed E-state index contributed by atoms with van der Waals surface area (Å²) in [5.74, 6) is -0.177. The van der Waals surface area contributed by atoms with Crippen molar-refractivity contribution in [3.05, 3.63) is 45.8 Å². The molecule has 5 heteroatoms. The van der Waals surface area contributed by atoms with Crippen LogP contribution in [0.5, 0.6) is 0 Å². The van der Waals surface area contributed by atoms with Crippen LogP contribution >= 0.6 is 11.6 Å². The molecule has 2 aliphatic carbocycles. The van der Waals surface area contributed by atoms with E-state index in [2.05, 4.69) is 16.9 Å². The Morgan fingerprint density at radius 1 is 1.21 bits per heavy atom. The van der Waals surface area contributed by atoms with Gasteiger partial charge in [-0.1, -0.05) is 36.1 Å². The van der Waals surface area contributed by atoms with Crippen LogP contribution in [0.1, 0.15) is 68.4 Å². The van der Waals surface area contributed by atoms with Gasteiger partial charge in [-0.05, 0) is 57.7 Å². The van der Waals surface area contributed by atoms with Gasteiger partial charge in [0, 0.05) is 36.7 Å². The van der Waals surface area contributed by atoms with E-state index in [0.717, 1.165) is 22.4 Å². The Morgan fingerprint density at radius 2 is 1.89 bits per heavy atom. The van der Waals surface area contributed by atoms with Gasteiger partial charge in [-0.2, -0.15) is 0 Å². The van der Waals surface area contributed by atoms with E-state index in [1.54, 1.807) is 6.08 Å². The standard InChI is InChI=1S/C23H29ClN2O2/c1-14-11-15(2)18(21(28)12-14)9-10-20(27)23-16(3)19(13-22(24)25-23)26(4)17-7-5-6-8-17/h11-13,17-18H,5-10H2,1-4H3. The third-order valence-electron chi connectivity index (χ3n) is 6.11. The van der Waals surface area contributed by atoms with Gasteiger partial charge in [0.25, 0.3) is 0 Å². The minimum atomic E-state index is -0.215. The molecule has 1 atom stereocenters. The molecule has 1 fully saturated rings. The van der Waals surface area contributed by atoms with Crippen LogP contribution in [-0.4, -0.2) is 29.6 Å². The number of aromatic nitrogens is 1. The lowest BCUT2D eigenvalue weighted by molar-refractivity contribution is -0.117. The zero-order valence-electron chi connectivity index (χ0n) is 17.2. The first-order valence-corrected chi connectivity index (χ1v) is 10.5. The number of halogens is 1. The van der Waals surface area contributed by atoms with E-state index in [9.17, 15) is 9.59 Å². The minimum Gasteiger partial charge on any atom is -0.371 e. The number of hydrogen-bond donors (Lipinski definition) is 0. The number of carbonyl (C=O) groups excluding carboxylic acids is 2. The summed E-state index contributed by atoms with van der Waals surface area (Å²) in [4.78, 5) is 31.8. The Balaban J connectivity index is 1.76. The highest BCUT2D eigenvalue weighted by Gasteiger charge is 2.26. The maximum atomic E-state index is 12.9. The van der Waals surface area contributed by atoms with E-state index in [4.69, 9.17) is 11.6 Å². The second-order valence-electron chi connectivity index (χ2n) is 8.18. The van der Waals surface area contributed by atoms with Crippen LogP contribution in [-0.2, 0) is 4.79 Å². The second kappa shape index (κ2) is 8.60. The second-order valence-corrected chi connectivity index (χ2v) is 8.57. The Kier molecular flexibility index (Phi) is 6.39. The summed E-state index contributed by atoms with van der Waals surface area (Å²) in [6.07, 6.45) is 9.31. The van der Waals surface area contributed by atoms with Crippen LogP contribution in [0.25, 0.3) is 0 Å². The molecule has 1 aromatic rings. The Hall–Kier alpha value is -1.94. The van der Waals surface area contributed by atoms with Crippen molar-refractivity contribution in [1.82, 2.24) is 4.98 Å². The summed E-state index contributed by atoms with van der Waals surface area (Å²) in [5, 5.41) is 0.345. The molecule has 1 unspecified atom stereocenters. The van der Waals surface area contributed by atoms with Crippen molar-refractivity contribution in [3.63, 3.8) is 0 Å². The van der Waals surface area contributed by atoms with Crippen LogP contribution in [0.4, 0.5) is 5.69 Å². The summed E-state index contributed by atoms with van der Waals surface area (Å²) >= 11 is 6.27. The summed E-state index contributed by atoms with van der Waals surface area (Å²) < 4.78 is 0. The lowest BCUT2D eigenvalue weighted by Crippen LogP contribution is -2.30. The molecule has 4 nitrogen and oxygen atoms in total. The first-order valence-electron chi connectivity index (χ1n) is 10.1. The lowest BCUT2D eigenvalue weighted by Gasteiger charge is -2.28. The van der Waals surface area contributed by atoms with Gasteiger partial charge in [-0.25, -0.2) is 4.98 Å². The molecule has 150 valence electrons. The third-order valence-corrected chi connectivity index (χ3v) is 6.30. The number of rotatable bonds is 6. The van der Waals surface area contributed by atoms with Gasteiger partial charge in [0.1, 0.15) is 10.8 Å². The number of nitrogens with zero attached hydrogens (tertiary/aromatic N) is 2. The number of pyridine rings is 1. The number of anilines is 1. The molecule has 28 heavy (non-hydrogen) atoms. The number of ketones is 2. The maximum Gasteiger partial charge on any atom is 0.181 e. The number of hydrogen-bond acceptors (Lipinski definition) is 4. The quantitative estimate of drug-likeness (QED) is 0.468. The van der Waals surface area contributed by atoms with E-state index >= 15 is 0 Å². The summed E-state index contributed by atoms with van der Waals surface area (Å²) in [6, 6.07) is 2.35. The fourth-order valence-electron chi connectivity index (χ4n) is 4.51. The topological polar surface area (TPSA) is 50.3 Å². The molecule has 2 aliphatic rings. The van der Waals surface area contributed by atoms with E-state index in [0.29, 0.717) is 23.3 Å². The smallest absolute Gasteiger partial charge is 0.181 e. The Morgan fingerprint density at radius 3 is 2.54 bits per heavy atom. The average molecular weight is 401 g/mol. The molecule has 0 spiro atoms. The van der Waals surface area contributed by atoms with Crippen molar-refractivity contribution in [2.24, 2.45) is 5.92 Å². The fourth-order valence-corrected chi connectivity index (χ4v) is 4.69. The molecular weight excluding hydrogens is 372 g/mol. The molecular formula is C23H29ClN2O2. The monoisotopic (exact) mass is 400 g/mol. The summed E-state index contributed by atoms with van der Waals surface area (Å²) in [7, 11) is 2.08. The number of allylic oxidation sites excluding steroid dienone is 4. The summed E-state index contributed by atoms with van der Waals surface area (Å²) in [6.45, 7) is 5.83. The predicted octanol–water partition coefficient (Wildman–Crippen LogP) is 5.48. The summed E-state index contributed by atoms with van der Waals surface area (Å²) in [5.41, 5.74) is 4.29. The lowest BCUT2D eigenvalue weighted by atomic mass is 9.84. The molecule has 0 aliphatic heterocycles. The zero-order valence-corrected chi connectivity index (χ0v) is 18.0. The maximum absolute atomic E-state index is 12.9. The van der Waals surface area contributed by atoms with Crippen LogP contribution < -0.4 is 4.90 Å². The van der Waals surface area contributed by atoms with Gasteiger partial charge < -0.3 is 4.90 Å². The van der Waals surface area contributed by atoms with Gasteiger partial charge in [-0.3, -0.25) is 9.59 Å². The molecule has 0 aromatic carbocycles. The normalized spacial score (nSPS) is 20.2. The van der Waals surface area contributed by atoms with E-state index < -0.39 is 0 Å². The highest BCUT2D eigenvalue weighted by atomic mass is 35.5. The first-order chi connectivity index (χ1) is 13.3. The van der Waals surface area contributed by atoms with E-state index in [1.807, 2.05) is 32.9 Å². The molecule has 0 bridgehead atoms. The molecule has 3 rings (SSSR count). The number of Topliss-reactive ketones (excluding diaryl/α,β-unsaturated/α-hetero) is 1. The third kappa shape index (κ3) is 4.38. The van der Waals surface area contributed by atoms with Crippen molar-refractivity contribution in [2.45, 2.75) is 65.3 Å². The van der Waals surface area contributed by atoms with Gasteiger partial charge in [-0.15, -0.1) is 0 Å². The molecule has 0 amide bonds. The van der Waals surface area contributed by atoms with Gasteiger partial charge in [0.2, 0.25) is 0 Å². The average Bonchev–Trinajstić information content (AvgIpc) is 3.16. The van der Waals surface area contributed by atoms with E-state index in [1.165, 1.54) is 25.7 Å². The molecule has 1 saturated carbocycles.